The highest BCUT2D eigenvalue weighted by Gasteiger charge is 1.87. The molecule has 0 aliphatic rings. The third-order valence-electron chi connectivity index (χ3n) is 0.682. The lowest BCUT2D eigenvalue weighted by molar-refractivity contribution is 0.913. The molecule has 0 spiro atoms. The summed E-state index contributed by atoms with van der Waals surface area (Å²) in [6.45, 7) is 6.25. The minimum absolute atomic E-state index is 0.443. The van der Waals surface area contributed by atoms with Gasteiger partial charge in [0.1, 0.15) is 0 Å². The van der Waals surface area contributed by atoms with Gasteiger partial charge >= 0.3 is 0 Å². The maximum atomic E-state index is 4.97. The van der Waals surface area contributed by atoms with Crippen molar-refractivity contribution in [3.63, 3.8) is 0 Å². The molecule has 0 aromatic rings. The van der Waals surface area contributed by atoms with E-state index >= 15 is 0 Å². The minimum atomic E-state index is 0.443. The molecule has 0 aromatic carbocycles. The summed E-state index contributed by atoms with van der Waals surface area (Å²) >= 11 is 4.69. The molecule has 0 aromatic heterocycles. The Hall–Kier alpha value is -0.610. The Bertz CT molecular complexity index is 121. The van der Waals surface area contributed by atoms with E-state index < -0.39 is 0 Å². The number of rotatable bonds is 2. The van der Waals surface area contributed by atoms with Crippen LogP contribution in [0.15, 0.2) is 12.2 Å². The van der Waals surface area contributed by atoms with Crippen LogP contribution < -0.4 is 16.6 Å². The molecule has 0 bridgehead atoms. The molecule has 0 amide bonds. The van der Waals surface area contributed by atoms with Crippen LogP contribution in [0, 0.1) is 0 Å². The molecule has 0 fully saturated rings. The first-order valence-electron chi connectivity index (χ1n) is 2.55. The third-order valence-corrected chi connectivity index (χ3v) is 0.944. The van der Waals surface area contributed by atoms with E-state index in [9.17, 15) is 0 Å². The van der Waals surface area contributed by atoms with Crippen LogP contribution in [0.4, 0.5) is 0 Å². The Morgan fingerprint density at radius 1 is 1.78 bits per heavy atom. The molecule has 0 unspecified atom stereocenters. The lowest BCUT2D eigenvalue weighted by Gasteiger charge is -2.04. The van der Waals surface area contributed by atoms with Crippen molar-refractivity contribution in [2.75, 3.05) is 6.54 Å². The van der Waals surface area contributed by atoms with E-state index in [-0.39, 0.29) is 0 Å². The van der Waals surface area contributed by atoms with Gasteiger partial charge in [-0.3, -0.25) is 0 Å². The second kappa shape index (κ2) is 4.29. The van der Waals surface area contributed by atoms with Gasteiger partial charge in [-0.15, -0.1) is 0 Å². The summed E-state index contributed by atoms with van der Waals surface area (Å²) in [7, 11) is 0. The van der Waals surface area contributed by atoms with Gasteiger partial charge in [0.2, 0.25) is 0 Å². The van der Waals surface area contributed by atoms with Crippen molar-refractivity contribution in [3.8, 4) is 0 Å². The third kappa shape index (κ3) is 5.26. The van der Waals surface area contributed by atoms with Crippen molar-refractivity contribution in [2.45, 2.75) is 6.92 Å². The molecule has 0 radical (unpaired) electrons. The summed E-state index contributed by atoms with van der Waals surface area (Å²) in [6, 6.07) is 0. The largest absolute Gasteiger partial charge is 0.358 e. The Labute approximate surface area is 60.3 Å². The molecule has 0 aliphatic carbocycles. The molecular formula is C5H11N3S. The lowest BCUT2D eigenvalue weighted by atomic mass is 10.4. The zero-order valence-corrected chi connectivity index (χ0v) is 6.22. The molecule has 0 heterocycles. The molecule has 0 saturated heterocycles. The number of nitrogens with one attached hydrogen (secondary N) is 2. The molecule has 9 heavy (non-hydrogen) atoms. The number of hydrogen-bond acceptors (Lipinski definition) is 2. The highest BCUT2D eigenvalue weighted by molar-refractivity contribution is 7.80. The van der Waals surface area contributed by atoms with Gasteiger partial charge in [0.15, 0.2) is 5.11 Å². The Morgan fingerprint density at radius 3 is 2.67 bits per heavy atom. The van der Waals surface area contributed by atoms with Crippen molar-refractivity contribution in [1.29, 1.82) is 0 Å². The maximum Gasteiger partial charge on any atom is 0.180 e. The summed E-state index contributed by atoms with van der Waals surface area (Å²) in [4.78, 5) is 0. The standard InChI is InChI=1S/C5H11N3S/c1-4(2)3-7-5(9)8-6/h1,3,6H2,2H3,(H2,7,8,9). The average molecular weight is 145 g/mol. The van der Waals surface area contributed by atoms with Crippen LogP contribution in [0.5, 0.6) is 0 Å². The second-order valence-corrected chi connectivity index (χ2v) is 2.19. The molecule has 0 atom stereocenters. The first-order valence-corrected chi connectivity index (χ1v) is 2.96. The summed E-state index contributed by atoms with van der Waals surface area (Å²) in [6.07, 6.45) is 0. The van der Waals surface area contributed by atoms with Crippen LogP contribution in [0.1, 0.15) is 6.92 Å². The Kier molecular flexibility index (Phi) is 4.00. The van der Waals surface area contributed by atoms with Crippen LogP contribution in [0.2, 0.25) is 0 Å². The van der Waals surface area contributed by atoms with Crippen molar-refractivity contribution < 1.29 is 0 Å². The van der Waals surface area contributed by atoms with E-state index in [0.717, 1.165) is 5.57 Å². The zero-order chi connectivity index (χ0) is 7.28. The normalized spacial score (nSPS) is 8.22. The fourth-order valence-electron chi connectivity index (χ4n) is 0.282. The molecule has 3 nitrogen and oxygen atoms in total. The average Bonchev–Trinajstić information content (AvgIpc) is 1.83. The number of hydrogen-bond donors (Lipinski definition) is 3. The van der Waals surface area contributed by atoms with E-state index in [4.69, 9.17) is 5.84 Å². The predicted octanol–water partition coefficient (Wildman–Crippen LogP) is -0.0997. The fraction of sp³-hybridized carbons (Fsp3) is 0.400. The summed E-state index contributed by atoms with van der Waals surface area (Å²) in [5.41, 5.74) is 3.32. The maximum absolute atomic E-state index is 4.97. The van der Waals surface area contributed by atoms with Gasteiger partial charge in [0.25, 0.3) is 0 Å². The molecular weight excluding hydrogens is 134 g/mol. The van der Waals surface area contributed by atoms with Crippen molar-refractivity contribution in [1.82, 2.24) is 10.7 Å². The topological polar surface area (TPSA) is 50.1 Å². The van der Waals surface area contributed by atoms with Gasteiger partial charge in [-0.25, -0.2) is 5.84 Å². The van der Waals surface area contributed by atoms with Crippen LogP contribution in [0.25, 0.3) is 0 Å². The molecule has 0 rings (SSSR count). The fourth-order valence-corrected chi connectivity index (χ4v) is 0.354. The van der Waals surface area contributed by atoms with E-state index in [0.29, 0.717) is 11.7 Å². The van der Waals surface area contributed by atoms with Gasteiger partial charge in [-0.1, -0.05) is 12.2 Å². The molecule has 52 valence electrons. The van der Waals surface area contributed by atoms with Crippen LogP contribution >= 0.6 is 12.2 Å². The molecule has 0 aliphatic heterocycles. The van der Waals surface area contributed by atoms with Crippen molar-refractivity contribution in [2.24, 2.45) is 5.84 Å². The van der Waals surface area contributed by atoms with E-state index in [1.54, 1.807) is 0 Å². The first-order chi connectivity index (χ1) is 4.16. The number of nitrogens with two attached hydrogens (primary N) is 1. The predicted molar refractivity (Wildman–Crippen MR) is 42.7 cm³/mol. The van der Waals surface area contributed by atoms with Gasteiger partial charge in [0.05, 0.1) is 0 Å². The van der Waals surface area contributed by atoms with Crippen molar-refractivity contribution in [3.05, 3.63) is 12.2 Å². The molecule has 0 saturated carbocycles. The summed E-state index contributed by atoms with van der Waals surface area (Å²) in [5.74, 6) is 4.97. The first kappa shape index (κ1) is 8.39. The summed E-state index contributed by atoms with van der Waals surface area (Å²) < 4.78 is 0. The monoisotopic (exact) mass is 145 g/mol. The highest BCUT2D eigenvalue weighted by Crippen LogP contribution is 1.79. The van der Waals surface area contributed by atoms with Crippen LogP contribution in [0.3, 0.4) is 0 Å². The number of thiocarbonyl (C=S) groups is 1. The Balaban J connectivity index is 3.28. The highest BCUT2D eigenvalue weighted by atomic mass is 32.1. The van der Waals surface area contributed by atoms with Gasteiger partial charge in [-0.2, -0.15) is 0 Å². The zero-order valence-electron chi connectivity index (χ0n) is 5.40. The van der Waals surface area contributed by atoms with E-state index in [1.165, 1.54) is 0 Å². The van der Waals surface area contributed by atoms with Gasteiger partial charge in [0, 0.05) is 6.54 Å². The Morgan fingerprint density at radius 2 is 2.33 bits per heavy atom. The number of hydrazine groups is 1. The smallest absolute Gasteiger partial charge is 0.180 e. The van der Waals surface area contributed by atoms with Gasteiger partial charge in [-0.05, 0) is 19.1 Å². The molecule has 4 heteroatoms. The molecule has 4 N–H and O–H groups in total. The van der Waals surface area contributed by atoms with E-state index in [2.05, 4.69) is 29.5 Å². The van der Waals surface area contributed by atoms with Gasteiger partial charge < -0.3 is 10.7 Å². The quantitative estimate of drug-likeness (QED) is 0.220. The van der Waals surface area contributed by atoms with E-state index in [1.807, 2.05) is 6.92 Å². The van der Waals surface area contributed by atoms with Crippen LogP contribution in [-0.2, 0) is 0 Å². The second-order valence-electron chi connectivity index (χ2n) is 1.78. The SMILES string of the molecule is C=C(C)CNC(=S)NN. The minimum Gasteiger partial charge on any atom is -0.358 e. The lowest BCUT2D eigenvalue weighted by Crippen LogP contribution is -2.40. The van der Waals surface area contributed by atoms with Crippen molar-refractivity contribution >= 4 is 17.3 Å². The summed E-state index contributed by atoms with van der Waals surface area (Å²) in [5, 5.41) is 3.27. The van der Waals surface area contributed by atoms with Crippen LogP contribution in [-0.4, -0.2) is 11.7 Å².